The number of fused-ring (bicyclic) bond motifs is 1. The number of hydrogen-bond donors (Lipinski definition) is 0. The zero-order valence-electron chi connectivity index (χ0n) is 13.1. The minimum atomic E-state index is -0.408. The summed E-state index contributed by atoms with van der Waals surface area (Å²) in [6.45, 7) is 2.51. The third-order valence-corrected chi connectivity index (χ3v) is 3.81. The van der Waals surface area contributed by atoms with E-state index in [4.69, 9.17) is 0 Å². The molecule has 0 aliphatic rings. The molecule has 0 saturated carbocycles. The number of aryl methyl sites for hydroxylation is 1. The smallest absolute Gasteiger partial charge is 0.282 e. The van der Waals surface area contributed by atoms with E-state index < -0.39 is 5.91 Å². The zero-order chi connectivity index (χ0) is 16.4. The van der Waals surface area contributed by atoms with Crippen LogP contribution in [0.25, 0.3) is 10.9 Å². The second kappa shape index (κ2) is 6.04. The van der Waals surface area contributed by atoms with E-state index in [9.17, 15) is 9.59 Å². The molecule has 0 fully saturated rings. The van der Waals surface area contributed by atoms with Gasteiger partial charge in [0.1, 0.15) is 0 Å². The Kier molecular flexibility index (Phi) is 3.93. The molecule has 3 aromatic rings. The summed E-state index contributed by atoms with van der Waals surface area (Å²) in [4.78, 5) is 26.8. The second-order valence-corrected chi connectivity index (χ2v) is 5.21. The van der Waals surface area contributed by atoms with E-state index >= 15 is 0 Å². The number of nitrogens with zero attached hydrogens (tertiary/aromatic N) is 3. The van der Waals surface area contributed by atoms with E-state index in [2.05, 4.69) is 5.10 Å². The fourth-order valence-electron chi connectivity index (χ4n) is 2.55. The molecule has 0 radical (unpaired) electrons. The van der Waals surface area contributed by atoms with Crippen molar-refractivity contribution in [2.24, 2.45) is 0 Å². The number of anilines is 1. The molecule has 0 bridgehead atoms. The molecule has 0 saturated heterocycles. The Morgan fingerprint density at radius 2 is 1.74 bits per heavy atom. The van der Waals surface area contributed by atoms with E-state index in [1.54, 1.807) is 23.9 Å². The van der Waals surface area contributed by atoms with Crippen LogP contribution in [0.2, 0.25) is 0 Å². The largest absolute Gasteiger partial charge is 0.310 e. The van der Waals surface area contributed by atoms with Crippen molar-refractivity contribution in [2.75, 3.05) is 11.9 Å². The van der Waals surface area contributed by atoms with Gasteiger partial charge in [-0.15, -0.1) is 0 Å². The summed E-state index contributed by atoms with van der Waals surface area (Å²) in [5, 5.41) is 4.79. The van der Waals surface area contributed by atoms with Gasteiger partial charge in [-0.1, -0.05) is 30.3 Å². The molecule has 5 heteroatoms. The average molecular weight is 307 g/mol. The van der Waals surface area contributed by atoms with Crippen molar-refractivity contribution in [3.63, 3.8) is 0 Å². The number of benzene rings is 2. The standard InChI is InChI=1S/C18H17N3O2/c1-3-21-15-12-8-7-11-14(15)17(22)16(19-21)18(23)20(2)13-9-5-4-6-10-13/h4-12H,3H2,1-2H3. The van der Waals surface area contributed by atoms with Crippen molar-refractivity contribution in [1.29, 1.82) is 0 Å². The Balaban J connectivity index is 2.15. The van der Waals surface area contributed by atoms with Crippen LogP contribution in [0.4, 0.5) is 5.69 Å². The summed E-state index contributed by atoms with van der Waals surface area (Å²) in [6, 6.07) is 16.4. The highest BCUT2D eigenvalue weighted by atomic mass is 16.2. The van der Waals surface area contributed by atoms with Crippen molar-refractivity contribution >= 4 is 22.5 Å². The summed E-state index contributed by atoms with van der Waals surface area (Å²) < 4.78 is 1.68. The van der Waals surface area contributed by atoms with Gasteiger partial charge in [0.05, 0.1) is 5.52 Å². The number of amides is 1. The fraction of sp³-hybridized carbons (Fsp3) is 0.167. The van der Waals surface area contributed by atoms with Gasteiger partial charge in [0.2, 0.25) is 5.43 Å². The SMILES string of the molecule is CCn1nc(C(=O)N(C)c2ccccc2)c(=O)c2ccccc21. The van der Waals surface area contributed by atoms with Gasteiger partial charge < -0.3 is 4.90 Å². The lowest BCUT2D eigenvalue weighted by Gasteiger charge is -2.17. The van der Waals surface area contributed by atoms with Crippen molar-refractivity contribution in [3.8, 4) is 0 Å². The van der Waals surface area contributed by atoms with Gasteiger partial charge in [-0.05, 0) is 31.2 Å². The number of carbonyl (C=O) groups excluding carboxylic acids is 1. The van der Waals surface area contributed by atoms with Gasteiger partial charge in [0.25, 0.3) is 5.91 Å². The van der Waals surface area contributed by atoms with E-state index in [1.165, 1.54) is 4.90 Å². The molecule has 0 atom stereocenters. The van der Waals surface area contributed by atoms with Crippen molar-refractivity contribution in [2.45, 2.75) is 13.5 Å². The highest BCUT2D eigenvalue weighted by Gasteiger charge is 2.21. The molecule has 116 valence electrons. The molecule has 5 nitrogen and oxygen atoms in total. The highest BCUT2D eigenvalue weighted by Crippen LogP contribution is 2.15. The molecule has 0 aliphatic heterocycles. The van der Waals surface area contributed by atoms with Crippen LogP contribution in [-0.4, -0.2) is 22.7 Å². The number of rotatable bonds is 3. The number of para-hydroxylation sites is 2. The predicted molar refractivity (Wildman–Crippen MR) is 90.9 cm³/mol. The molecule has 1 heterocycles. The molecule has 0 unspecified atom stereocenters. The van der Waals surface area contributed by atoms with Gasteiger partial charge in [-0.2, -0.15) is 5.10 Å². The molecule has 23 heavy (non-hydrogen) atoms. The van der Waals surface area contributed by atoms with Crippen LogP contribution in [-0.2, 0) is 6.54 Å². The predicted octanol–water partition coefficient (Wildman–Crippen LogP) is 2.69. The Hall–Kier alpha value is -2.95. The van der Waals surface area contributed by atoms with E-state index in [0.717, 1.165) is 11.2 Å². The van der Waals surface area contributed by atoms with E-state index in [-0.39, 0.29) is 11.1 Å². The lowest BCUT2D eigenvalue weighted by Crippen LogP contribution is -2.33. The minimum Gasteiger partial charge on any atom is -0.310 e. The molecule has 0 N–H and O–H groups in total. The normalized spacial score (nSPS) is 10.7. The summed E-state index contributed by atoms with van der Waals surface area (Å²) >= 11 is 0. The summed E-state index contributed by atoms with van der Waals surface area (Å²) in [6.07, 6.45) is 0. The second-order valence-electron chi connectivity index (χ2n) is 5.21. The molecular weight excluding hydrogens is 290 g/mol. The maximum absolute atomic E-state index is 12.7. The number of aromatic nitrogens is 2. The summed E-state index contributed by atoms with van der Waals surface area (Å²) in [5.74, 6) is -0.408. The van der Waals surface area contributed by atoms with Gasteiger partial charge in [-0.3, -0.25) is 14.3 Å². The van der Waals surface area contributed by atoms with E-state index in [0.29, 0.717) is 11.9 Å². The Bertz CT molecular complexity index is 916. The van der Waals surface area contributed by atoms with Crippen LogP contribution in [0.3, 0.4) is 0 Å². The lowest BCUT2D eigenvalue weighted by molar-refractivity contribution is 0.0985. The van der Waals surface area contributed by atoms with Crippen LogP contribution >= 0.6 is 0 Å². The Morgan fingerprint density at radius 1 is 1.09 bits per heavy atom. The maximum Gasteiger partial charge on any atom is 0.282 e. The third-order valence-electron chi connectivity index (χ3n) is 3.81. The van der Waals surface area contributed by atoms with Crippen molar-refractivity contribution in [3.05, 3.63) is 70.5 Å². The van der Waals surface area contributed by atoms with Gasteiger partial charge in [0.15, 0.2) is 5.69 Å². The Morgan fingerprint density at radius 3 is 2.43 bits per heavy atom. The van der Waals surface area contributed by atoms with Crippen LogP contribution in [0.5, 0.6) is 0 Å². The molecule has 1 amide bonds. The molecule has 2 aromatic carbocycles. The maximum atomic E-state index is 12.7. The molecule has 3 rings (SSSR count). The monoisotopic (exact) mass is 307 g/mol. The van der Waals surface area contributed by atoms with Crippen molar-refractivity contribution in [1.82, 2.24) is 9.78 Å². The quantitative estimate of drug-likeness (QED) is 0.747. The topological polar surface area (TPSA) is 55.2 Å². The summed E-state index contributed by atoms with van der Waals surface area (Å²) in [7, 11) is 1.64. The summed E-state index contributed by atoms with van der Waals surface area (Å²) in [5.41, 5.74) is 1.06. The molecular formula is C18H17N3O2. The molecule has 0 aliphatic carbocycles. The van der Waals surface area contributed by atoms with Gasteiger partial charge in [0, 0.05) is 24.7 Å². The molecule has 1 aromatic heterocycles. The third kappa shape index (κ3) is 2.61. The van der Waals surface area contributed by atoms with Gasteiger partial charge in [-0.25, -0.2) is 0 Å². The minimum absolute atomic E-state index is 0.0584. The first-order valence-corrected chi connectivity index (χ1v) is 7.46. The fourth-order valence-corrected chi connectivity index (χ4v) is 2.55. The van der Waals surface area contributed by atoms with Crippen molar-refractivity contribution < 1.29 is 4.79 Å². The molecule has 0 spiro atoms. The van der Waals surface area contributed by atoms with Crippen LogP contribution < -0.4 is 10.3 Å². The number of carbonyl (C=O) groups is 1. The van der Waals surface area contributed by atoms with Crippen LogP contribution in [0.15, 0.2) is 59.4 Å². The first-order valence-electron chi connectivity index (χ1n) is 7.46. The van der Waals surface area contributed by atoms with Crippen LogP contribution in [0, 0.1) is 0 Å². The van der Waals surface area contributed by atoms with E-state index in [1.807, 2.05) is 49.4 Å². The van der Waals surface area contributed by atoms with Crippen LogP contribution in [0.1, 0.15) is 17.4 Å². The zero-order valence-corrected chi connectivity index (χ0v) is 13.1. The Labute approximate surface area is 133 Å². The average Bonchev–Trinajstić information content (AvgIpc) is 2.62. The highest BCUT2D eigenvalue weighted by molar-refractivity contribution is 6.05. The first-order chi connectivity index (χ1) is 11.1. The van der Waals surface area contributed by atoms with Gasteiger partial charge >= 0.3 is 0 Å². The lowest BCUT2D eigenvalue weighted by atomic mass is 10.2. The first kappa shape index (κ1) is 15.0. The number of hydrogen-bond acceptors (Lipinski definition) is 3.